The molecular weight excluding hydrogens is 260 g/mol. The molecule has 1 rings (SSSR count). The number of aliphatic hydroxyl groups excluding tert-OH is 2. The standard InChI is InChI=1S/C10H8N2O7/c11-3-4-1-5(8(14)9(15)10(16)17)7(13)6(2-4)12(18)19/h1-2,8-9,13-15H,(H,16,17). The van der Waals surface area contributed by atoms with Crippen molar-refractivity contribution in [3.05, 3.63) is 33.4 Å². The first kappa shape index (κ1) is 14.4. The van der Waals surface area contributed by atoms with Gasteiger partial charge in [-0.1, -0.05) is 0 Å². The molecule has 9 heteroatoms. The van der Waals surface area contributed by atoms with Crippen LogP contribution < -0.4 is 0 Å². The molecule has 0 saturated carbocycles. The van der Waals surface area contributed by atoms with Crippen molar-refractivity contribution in [2.24, 2.45) is 0 Å². The normalized spacial score (nSPS) is 13.3. The Morgan fingerprint density at radius 1 is 1.42 bits per heavy atom. The first-order valence-corrected chi connectivity index (χ1v) is 4.80. The molecule has 100 valence electrons. The number of aliphatic hydroxyl groups is 2. The van der Waals surface area contributed by atoms with Crippen LogP contribution in [0.3, 0.4) is 0 Å². The van der Waals surface area contributed by atoms with Crippen molar-refractivity contribution < 1.29 is 30.1 Å². The van der Waals surface area contributed by atoms with Crippen molar-refractivity contribution in [1.82, 2.24) is 0 Å². The monoisotopic (exact) mass is 268 g/mol. The van der Waals surface area contributed by atoms with E-state index in [1.165, 1.54) is 0 Å². The van der Waals surface area contributed by atoms with Gasteiger partial charge in [-0.2, -0.15) is 5.26 Å². The molecule has 2 unspecified atom stereocenters. The third kappa shape index (κ3) is 2.76. The van der Waals surface area contributed by atoms with E-state index in [2.05, 4.69) is 0 Å². The fraction of sp³-hybridized carbons (Fsp3) is 0.200. The highest BCUT2D eigenvalue weighted by Crippen LogP contribution is 2.36. The van der Waals surface area contributed by atoms with E-state index in [9.17, 15) is 25.1 Å². The van der Waals surface area contributed by atoms with Crippen LogP contribution in [0.5, 0.6) is 5.75 Å². The van der Waals surface area contributed by atoms with Crippen LogP contribution in [0.1, 0.15) is 17.2 Å². The van der Waals surface area contributed by atoms with E-state index in [4.69, 9.17) is 15.5 Å². The second-order valence-corrected chi connectivity index (χ2v) is 3.53. The van der Waals surface area contributed by atoms with Gasteiger partial charge in [-0.3, -0.25) is 10.1 Å². The van der Waals surface area contributed by atoms with Gasteiger partial charge in [0.05, 0.1) is 16.6 Å². The third-order valence-electron chi connectivity index (χ3n) is 2.32. The van der Waals surface area contributed by atoms with Crippen LogP contribution >= 0.6 is 0 Å². The Hall–Kier alpha value is -2.70. The molecule has 1 aromatic rings. The second-order valence-electron chi connectivity index (χ2n) is 3.53. The molecule has 0 aliphatic rings. The number of nitrogens with zero attached hydrogens (tertiary/aromatic N) is 2. The van der Waals surface area contributed by atoms with Crippen LogP contribution in [0.25, 0.3) is 0 Å². The Labute approximate surface area is 105 Å². The van der Waals surface area contributed by atoms with Crippen LogP contribution in [0.15, 0.2) is 12.1 Å². The molecule has 0 radical (unpaired) electrons. The summed E-state index contributed by atoms with van der Waals surface area (Å²) < 4.78 is 0. The summed E-state index contributed by atoms with van der Waals surface area (Å²) in [5.41, 5.74) is -1.75. The fourth-order valence-electron chi connectivity index (χ4n) is 1.38. The molecule has 0 saturated heterocycles. The minimum absolute atomic E-state index is 0.267. The number of carbonyl (C=O) groups is 1. The summed E-state index contributed by atoms with van der Waals surface area (Å²) in [7, 11) is 0. The molecule has 0 aliphatic carbocycles. The summed E-state index contributed by atoms with van der Waals surface area (Å²) in [6.45, 7) is 0. The Morgan fingerprint density at radius 3 is 2.42 bits per heavy atom. The number of phenolic OH excluding ortho intramolecular Hbond substituents is 1. The maximum atomic E-state index is 10.6. The molecular formula is C10H8N2O7. The first-order valence-electron chi connectivity index (χ1n) is 4.80. The van der Waals surface area contributed by atoms with E-state index in [-0.39, 0.29) is 5.56 Å². The van der Waals surface area contributed by atoms with E-state index in [1.807, 2.05) is 0 Å². The quantitative estimate of drug-likeness (QED) is 0.424. The average molecular weight is 268 g/mol. The van der Waals surface area contributed by atoms with Gasteiger partial charge in [-0.05, 0) is 6.07 Å². The van der Waals surface area contributed by atoms with E-state index in [1.54, 1.807) is 6.07 Å². The van der Waals surface area contributed by atoms with Crippen LogP contribution in [-0.4, -0.2) is 37.4 Å². The van der Waals surface area contributed by atoms with Gasteiger partial charge in [0.2, 0.25) is 0 Å². The van der Waals surface area contributed by atoms with Gasteiger partial charge in [0.15, 0.2) is 11.9 Å². The van der Waals surface area contributed by atoms with Crippen molar-refractivity contribution in [3.8, 4) is 11.8 Å². The largest absolute Gasteiger partial charge is 0.502 e. The number of nitriles is 1. The van der Waals surface area contributed by atoms with Crippen molar-refractivity contribution in [3.63, 3.8) is 0 Å². The molecule has 0 aliphatic heterocycles. The first-order chi connectivity index (χ1) is 8.79. The molecule has 0 aromatic heterocycles. The van der Waals surface area contributed by atoms with Crippen molar-refractivity contribution in [1.29, 1.82) is 5.26 Å². The number of nitro benzene ring substituents is 1. The predicted molar refractivity (Wildman–Crippen MR) is 58.1 cm³/mol. The molecule has 0 fully saturated rings. The van der Waals surface area contributed by atoms with Crippen molar-refractivity contribution >= 4 is 11.7 Å². The average Bonchev–Trinajstić information content (AvgIpc) is 2.36. The topological polar surface area (TPSA) is 165 Å². The maximum Gasteiger partial charge on any atom is 0.335 e. The zero-order chi connectivity index (χ0) is 14.7. The molecule has 9 nitrogen and oxygen atoms in total. The second kappa shape index (κ2) is 5.30. The predicted octanol–water partition coefficient (Wildman–Crippen LogP) is -0.349. The lowest BCUT2D eigenvalue weighted by atomic mass is 10.00. The maximum absolute atomic E-state index is 10.6. The third-order valence-corrected chi connectivity index (χ3v) is 2.32. The van der Waals surface area contributed by atoms with Gasteiger partial charge in [-0.25, -0.2) is 4.79 Å². The zero-order valence-electron chi connectivity index (χ0n) is 9.22. The summed E-state index contributed by atoms with van der Waals surface area (Å²) in [5.74, 6) is -2.78. The van der Waals surface area contributed by atoms with Gasteiger partial charge >= 0.3 is 11.7 Å². The number of nitro groups is 1. The van der Waals surface area contributed by atoms with Gasteiger partial charge in [-0.15, -0.1) is 0 Å². The lowest BCUT2D eigenvalue weighted by Crippen LogP contribution is -2.27. The SMILES string of the molecule is N#Cc1cc(C(O)C(O)C(=O)O)c(O)c([N+](=O)[O-])c1. The van der Waals surface area contributed by atoms with E-state index in [0.717, 1.165) is 12.1 Å². The van der Waals surface area contributed by atoms with Gasteiger partial charge in [0.25, 0.3) is 0 Å². The molecule has 19 heavy (non-hydrogen) atoms. The lowest BCUT2D eigenvalue weighted by Gasteiger charge is -2.15. The molecule has 1 aromatic carbocycles. The Balaban J connectivity index is 3.43. The van der Waals surface area contributed by atoms with Crippen LogP contribution in [0.2, 0.25) is 0 Å². The molecule has 0 spiro atoms. The van der Waals surface area contributed by atoms with Gasteiger partial charge < -0.3 is 20.4 Å². The molecule has 0 heterocycles. The number of carboxylic acid groups (broad SMARTS) is 1. The summed E-state index contributed by atoms with van der Waals surface area (Å²) in [4.78, 5) is 20.2. The highest BCUT2D eigenvalue weighted by atomic mass is 16.6. The lowest BCUT2D eigenvalue weighted by molar-refractivity contribution is -0.386. The summed E-state index contributed by atoms with van der Waals surface area (Å²) in [6, 6.07) is 3.18. The smallest absolute Gasteiger partial charge is 0.335 e. The van der Waals surface area contributed by atoms with E-state index < -0.39 is 40.1 Å². The number of rotatable bonds is 4. The van der Waals surface area contributed by atoms with Crippen LogP contribution in [0.4, 0.5) is 5.69 Å². The number of aliphatic carboxylic acids is 1. The molecule has 4 N–H and O–H groups in total. The van der Waals surface area contributed by atoms with Gasteiger partial charge in [0, 0.05) is 11.6 Å². The van der Waals surface area contributed by atoms with Gasteiger partial charge in [0.1, 0.15) is 6.10 Å². The van der Waals surface area contributed by atoms with Crippen molar-refractivity contribution in [2.45, 2.75) is 12.2 Å². The minimum Gasteiger partial charge on any atom is -0.502 e. The molecule has 0 bridgehead atoms. The molecule has 0 amide bonds. The Morgan fingerprint density at radius 2 is 2.00 bits per heavy atom. The number of aromatic hydroxyl groups is 1. The number of phenols is 1. The summed E-state index contributed by atoms with van der Waals surface area (Å²) >= 11 is 0. The summed E-state index contributed by atoms with van der Waals surface area (Å²) in [5, 5.41) is 56.1. The zero-order valence-corrected chi connectivity index (χ0v) is 9.22. The number of benzene rings is 1. The van der Waals surface area contributed by atoms with Crippen LogP contribution in [0, 0.1) is 21.4 Å². The van der Waals surface area contributed by atoms with E-state index in [0.29, 0.717) is 0 Å². The van der Waals surface area contributed by atoms with Crippen LogP contribution in [-0.2, 0) is 4.79 Å². The Bertz CT molecular complexity index is 578. The minimum atomic E-state index is -2.29. The highest BCUT2D eigenvalue weighted by molar-refractivity contribution is 5.73. The number of hydrogen-bond acceptors (Lipinski definition) is 7. The summed E-state index contributed by atoms with van der Waals surface area (Å²) in [6.07, 6.45) is -4.40. The van der Waals surface area contributed by atoms with Crippen molar-refractivity contribution in [2.75, 3.05) is 0 Å². The number of carboxylic acids is 1. The molecule has 2 atom stereocenters. The number of hydrogen-bond donors (Lipinski definition) is 4. The Kier molecular flexibility index (Phi) is 4.00. The van der Waals surface area contributed by atoms with E-state index >= 15 is 0 Å². The fourth-order valence-corrected chi connectivity index (χ4v) is 1.38. The highest BCUT2D eigenvalue weighted by Gasteiger charge is 2.31.